The first kappa shape index (κ1) is 17.2. The minimum absolute atomic E-state index is 0.134. The van der Waals surface area contributed by atoms with Gasteiger partial charge in [-0.25, -0.2) is 4.98 Å². The predicted molar refractivity (Wildman–Crippen MR) is 89.5 cm³/mol. The Balaban J connectivity index is 2.66. The lowest BCUT2D eigenvalue weighted by atomic mass is 10.1. The maximum Gasteiger partial charge on any atom is 0.305 e. The number of hydrogen-bond donors (Lipinski definition) is 1. The average Bonchev–Trinajstić information content (AvgIpc) is 3.09. The number of nitrogens with two attached hydrogens (primary N) is 1. The van der Waals surface area contributed by atoms with Crippen LogP contribution < -0.4 is 5.73 Å². The van der Waals surface area contributed by atoms with Crippen LogP contribution in [-0.2, 0) is 16.0 Å². The molecule has 2 N–H and O–H groups in total. The van der Waals surface area contributed by atoms with Gasteiger partial charge in [0.25, 0.3) is 5.91 Å². The summed E-state index contributed by atoms with van der Waals surface area (Å²) < 4.78 is 6.79. The molecular weight excluding hydrogens is 314 g/mol. The molecule has 124 valence electrons. The second kappa shape index (κ2) is 6.95. The molecule has 6 nitrogen and oxygen atoms in total. The number of amides is 1. The molecule has 0 radical (unpaired) electrons. The lowest BCUT2D eigenvalue weighted by molar-refractivity contribution is -0.140. The minimum atomic E-state index is -0.480. The maximum absolute atomic E-state index is 12.0. The van der Waals surface area contributed by atoms with E-state index >= 15 is 0 Å². The molecule has 0 atom stereocenters. The molecule has 7 heteroatoms. The number of carbonyl (C=O) groups excluding carboxylic acids is 2. The van der Waals surface area contributed by atoms with Crippen LogP contribution in [0.25, 0.3) is 10.6 Å². The summed E-state index contributed by atoms with van der Waals surface area (Å²) in [5, 5.41) is 2.59. The van der Waals surface area contributed by atoms with Crippen molar-refractivity contribution in [3.8, 4) is 10.6 Å². The highest BCUT2D eigenvalue weighted by molar-refractivity contribution is 7.13. The number of esters is 1. The van der Waals surface area contributed by atoms with E-state index in [4.69, 9.17) is 10.5 Å². The Labute approximate surface area is 139 Å². The third-order valence-corrected chi connectivity index (χ3v) is 4.55. The maximum atomic E-state index is 12.0. The van der Waals surface area contributed by atoms with Crippen molar-refractivity contribution in [3.05, 3.63) is 28.5 Å². The molecular formula is C16H21N3O3S. The average molecular weight is 335 g/mol. The normalized spacial score (nSPS) is 11.0. The Bertz CT molecular complexity index is 718. The Hall–Kier alpha value is -2.15. The first-order valence-electron chi connectivity index (χ1n) is 7.38. The highest BCUT2D eigenvalue weighted by Gasteiger charge is 2.27. The number of methoxy groups -OCH3 is 1. The summed E-state index contributed by atoms with van der Waals surface area (Å²) in [7, 11) is 1.37. The number of ether oxygens (including phenoxy) is 1. The molecule has 0 fully saturated rings. The standard InChI is InChI=1S/C16H21N3O3S/c1-9(2)19-10(3)13(15(17)21)14(16-18-7-8-23-16)11(19)5-6-12(20)22-4/h7-9H,5-6H2,1-4H3,(H2,17,21). The fourth-order valence-corrected chi connectivity index (χ4v) is 3.62. The Morgan fingerprint density at radius 1 is 1.43 bits per heavy atom. The van der Waals surface area contributed by atoms with E-state index in [0.29, 0.717) is 12.0 Å². The molecule has 23 heavy (non-hydrogen) atoms. The highest BCUT2D eigenvalue weighted by atomic mass is 32.1. The summed E-state index contributed by atoms with van der Waals surface area (Å²) in [4.78, 5) is 27.9. The lowest BCUT2D eigenvalue weighted by Gasteiger charge is -2.16. The van der Waals surface area contributed by atoms with Gasteiger partial charge in [-0.15, -0.1) is 11.3 Å². The van der Waals surface area contributed by atoms with E-state index in [1.165, 1.54) is 18.4 Å². The zero-order chi connectivity index (χ0) is 17.1. The van der Waals surface area contributed by atoms with Crippen molar-refractivity contribution in [3.63, 3.8) is 0 Å². The van der Waals surface area contributed by atoms with Crippen LogP contribution in [-0.4, -0.2) is 28.5 Å². The smallest absolute Gasteiger partial charge is 0.305 e. The fourth-order valence-electron chi connectivity index (χ4n) is 2.91. The Morgan fingerprint density at radius 3 is 2.61 bits per heavy atom. The van der Waals surface area contributed by atoms with E-state index in [2.05, 4.69) is 9.55 Å². The molecule has 0 saturated heterocycles. The first-order chi connectivity index (χ1) is 10.9. The molecule has 0 aromatic carbocycles. The predicted octanol–water partition coefficient (Wildman–Crippen LogP) is 2.71. The van der Waals surface area contributed by atoms with Crippen molar-refractivity contribution in [1.82, 2.24) is 9.55 Å². The van der Waals surface area contributed by atoms with Crippen LogP contribution in [0.15, 0.2) is 11.6 Å². The number of aromatic nitrogens is 2. The van der Waals surface area contributed by atoms with Crippen LogP contribution in [0.3, 0.4) is 0 Å². The Morgan fingerprint density at radius 2 is 2.13 bits per heavy atom. The molecule has 2 aromatic rings. The Kier molecular flexibility index (Phi) is 5.20. The lowest BCUT2D eigenvalue weighted by Crippen LogP contribution is -2.14. The van der Waals surface area contributed by atoms with E-state index in [-0.39, 0.29) is 18.4 Å². The summed E-state index contributed by atoms with van der Waals surface area (Å²) in [6, 6.07) is 0.134. The van der Waals surface area contributed by atoms with Crippen molar-refractivity contribution in [1.29, 1.82) is 0 Å². The number of hydrogen-bond acceptors (Lipinski definition) is 5. The summed E-state index contributed by atoms with van der Waals surface area (Å²) >= 11 is 1.45. The first-order valence-corrected chi connectivity index (χ1v) is 8.26. The molecule has 2 rings (SSSR count). The molecule has 1 amide bonds. The van der Waals surface area contributed by atoms with E-state index in [0.717, 1.165) is 22.0 Å². The summed E-state index contributed by atoms with van der Waals surface area (Å²) in [5.41, 5.74) is 8.54. The van der Waals surface area contributed by atoms with Crippen molar-refractivity contribution < 1.29 is 14.3 Å². The third-order valence-electron chi connectivity index (χ3n) is 3.76. The van der Waals surface area contributed by atoms with Crippen LogP contribution in [0.4, 0.5) is 0 Å². The third kappa shape index (κ3) is 3.29. The van der Waals surface area contributed by atoms with Gasteiger partial charge in [0.1, 0.15) is 5.01 Å². The molecule has 0 saturated carbocycles. The van der Waals surface area contributed by atoms with Gasteiger partial charge in [-0.1, -0.05) is 0 Å². The number of nitrogens with zero attached hydrogens (tertiary/aromatic N) is 2. The zero-order valence-corrected chi connectivity index (χ0v) is 14.6. The second-order valence-electron chi connectivity index (χ2n) is 5.52. The largest absolute Gasteiger partial charge is 0.469 e. The van der Waals surface area contributed by atoms with E-state index in [1.54, 1.807) is 6.20 Å². The summed E-state index contributed by atoms with van der Waals surface area (Å²) in [6.07, 6.45) is 2.40. The van der Waals surface area contributed by atoms with Gasteiger partial charge in [0.05, 0.1) is 19.1 Å². The van der Waals surface area contributed by atoms with Gasteiger partial charge in [-0.05, 0) is 27.2 Å². The van der Waals surface area contributed by atoms with E-state index < -0.39 is 5.91 Å². The van der Waals surface area contributed by atoms with Crippen LogP contribution in [0.2, 0.25) is 0 Å². The van der Waals surface area contributed by atoms with Crippen LogP contribution >= 0.6 is 11.3 Å². The van der Waals surface area contributed by atoms with Crippen molar-refractivity contribution >= 4 is 23.2 Å². The monoisotopic (exact) mass is 335 g/mol. The molecule has 0 unspecified atom stereocenters. The topological polar surface area (TPSA) is 87.2 Å². The molecule has 0 aliphatic heterocycles. The van der Waals surface area contributed by atoms with Crippen LogP contribution in [0.5, 0.6) is 0 Å². The number of carbonyl (C=O) groups is 2. The second-order valence-corrected chi connectivity index (χ2v) is 6.42. The molecule has 0 aliphatic rings. The van der Waals surface area contributed by atoms with Gasteiger partial charge in [-0.3, -0.25) is 9.59 Å². The van der Waals surface area contributed by atoms with Crippen molar-refractivity contribution in [2.24, 2.45) is 5.73 Å². The van der Waals surface area contributed by atoms with Gasteiger partial charge < -0.3 is 15.0 Å². The summed E-state index contributed by atoms with van der Waals surface area (Å²) in [5.74, 6) is -0.767. The SMILES string of the molecule is COC(=O)CCc1c(-c2nccs2)c(C(N)=O)c(C)n1C(C)C. The van der Waals surface area contributed by atoms with E-state index in [1.807, 2.05) is 26.2 Å². The molecule has 0 bridgehead atoms. The number of thiazole rings is 1. The van der Waals surface area contributed by atoms with Crippen LogP contribution in [0.1, 0.15) is 48.1 Å². The van der Waals surface area contributed by atoms with Crippen molar-refractivity contribution in [2.75, 3.05) is 7.11 Å². The van der Waals surface area contributed by atoms with Crippen LogP contribution in [0, 0.1) is 6.92 Å². The van der Waals surface area contributed by atoms with Gasteiger partial charge >= 0.3 is 5.97 Å². The quantitative estimate of drug-likeness (QED) is 0.822. The molecule has 0 spiro atoms. The van der Waals surface area contributed by atoms with Gasteiger partial charge in [0, 0.05) is 34.6 Å². The molecule has 2 heterocycles. The van der Waals surface area contributed by atoms with Crippen molar-refractivity contribution in [2.45, 2.75) is 39.7 Å². The summed E-state index contributed by atoms with van der Waals surface area (Å²) in [6.45, 7) is 5.94. The van der Waals surface area contributed by atoms with Gasteiger partial charge in [-0.2, -0.15) is 0 Å². The highest BCUT2D eigenvalue weighted by Crippen LogP contribution is 2.36. The van der Waals surface area contributed by atoms with Gasteiger partial charge in [0.15, 0.2) is 0 Å². The minimum Gasteiger partial charge on any atom is -0.469 e. The number of rotatable bonds is 6. The zero-order valence-electron chi connectivity index (χ0n) is 13.8. The number of primary amides is 1. The van der Waals surface area contributed by atoms with Gasteiger partial charge in [0.2, 0.25) is 0 Å². The fraction of sp³-hybridized carbons (Fsp3) is 0.438. The van der Waals surface area contributed by atoms with E-state index in [9.17, 15) is 9.59 Å². The molecule has 0 aliphatic carbocycles. The molecule has 2 aromatic heterocycles.